The average molecular weight is 351 g/mol. The van der Waals surface area contributed by atoms with Crippen molar-refractivity contribution in [3.8, 4) is 0 Å². The molecule has 0 bridgehead atoms. The van der Waals surface area contributed by atoms with E-state index >= 15 is 0 Å². The Hall–Kier alpha value is -1.27. The monoisotopic (exact) mass is 350 g/mol. The standard InChI is InChI=1S/C16H21F3N2O.ClH/c1-11(8-15(22)21-7-6-20-10-12(21)2)13-4-3-5-14(9-13)16(17,18)19;/h3-5,9,11-12,20H,6-8,10H2,1-2H3;1H/t11?,12-;/m1./s1. The number of halogens is 4. The van der Waals surface area contributed by atoms with Crippen LogP contribution < -0.4 is 5.32 Å². The number of carbonyl (C=O) groups excluding carboxylic acids is 1. The van der Waals surface area contributed by atoms with Gasteiger partial charge in [-0.15, -0.1) is 12.4 Å². The van der Waals surface area contributed by atoms with Crippen LogP contribution in [0.3, 0.4) is 0 Å². The lowest BCUT2D eigenvalue weighted by molar-refractivity contribution is -0.137. The van der Waals surface area contributed by atoms with Gasteiger partial charge in [-0.25, -0.2) is 0 Å². The molecule has 0 aromatic heterocycles. The van der Waals surface area contributed by atoms with Gasteiger partial charge in [-0.05, 0) is 24.5 Å². The lowest BCUT2D eigenvalue weighted by Gasteiger charge is -2.34. The molecule has 0 spiro atoms. The molecule has 1 fully saturated rings. The molecule has 2 atom stereocenters. The van der Waals surface area contributed by atoms with Crippen LogP contribution in [0.15, 0.2) is 24.3 Å². The number of nitrogens with zero attached hydrogens (tertiary/aromatic N) is 1. The summed E-state index contributed by atoms with van der Waals surface area (Å²) in [5, 5.41) is 3.21. The van der Waals surface area contributed by atoms with Crippen LogP contribution in [0.5, 0.6) is 0 Å². The van der Waals surface area contributed by atoms with E-state index in [9.17, 15) is 18.0 Å². The summed E-state index contributed by atoms with van der Waals surface area (Å²) < 4.78 is 38.3. The van der Waals surface area contributed by atoms with E-state index in [2.05, 4.69) is 5.32 Å². The quantitative estimate of drug-likeness (QED) is 0.905. The topological polar surface area (TPSA) is 32.3 Å². The average Bonchev–Trinajstić information content (AvgIpc) is 2.46. The Labute approximate surface area is 140 Å². The molecule has 1 unspecified atom stereocenters. The highest BCUT2D eigenvalue weighted by atomic mass is 35.5. The molecule has 3 nitrogen and oxygen atoms in total. The van der Waals surface area contributed by atoms with Crippen molar-refractivity contribution in [2.24, 2.45) is 0 Å². The third-order valence-electron chi connectivity index (χ3n) is 4.09. The minimum atomic E-state index is -4.35. The molecular formula is C16H22ClF3N2O. The zero-order valence-corrected chi connectivity index (χ0v) is 14.0. The van der Waals surface area contributed by atoms with Crippen LogP contribution in [0, 0.1) is 0 Å². The van der Waals surface area contributed by atoms with Crippen LogP contribution in [-0.2, 0) is 11.0 Å². The Morgan fingerprint density at radius 1 is 1.43 bits per heavy atom. The highest BCUT2D eigenvalue weighted by molar-refractivity contribution is 5.85. The van der Waals surface area contributed by atoms with Crippen LogP contribution in [-0.4, -0.2) is 36.5 Å². The number of amides is 1. The third kappa shape index (κ3) is 5.11. The smallest absolute Gasteiger partial charge is 0.337 e. The lowest BCUT2D eigenvalue weighted by atomic mass is 9.95. The highest BCUT2D eigenvalue weighted by Crippen LogP contribution is 2.31. The van der Waals surface area contributed by atoms with Crippen molar-refractivity contribution in [3.05, 3.63) is 35.4 Å². The molecule has 1 aliphatic rings. The summed E-state index contributed by atoms with van der Waals surface area (Å²) in [6.07, 6.45) is -4.13. The van der Waals surface area contributed by atoms with Crippen LogP contribution in [0.25, 0.3) is 0 Å². The zero-order chi connectivity index (χ0) is 16.3. The Morgan fingerprint density at radius 2 is 2.13 bits per heavy atom. The van der Waals surface area contributed by atoms with Gasteiger partial charge < -0.3 is 10.2 Å². The first-order chi connectivity index (χ1) is 10.3. The Balaban J connectivity index is 0.00000264. The molecule has 130 valence electrons. The SMILES string of the molecule is CC(CC(=O)N1CCNC[C@H]1C)c1cccc(C(F)(F)F)c1.Cl. The van der Waals surface area contributed by atoms with E-state index in [0.717, 1.165) is 25.2 Å². The molecule has 1 aromatic rings. The summed E-state index contributed by atoms with van der Waals surface area (Å²) in [5.74, 6) is -0.240. The minimum absolute atomic E-state index is 0. The lowest BCUT2D eigenvalue weighted by Crippen LogP contribution is -2.52. The number of hydrogen-bond donors (Lipinski definition) is 1. The first kappa shape index (κ1) is 19.8. The first-order valence-electron chi connectivity index (χ1n) is 7.46. The van der Waals surface area contributed by atoms with Crippen molar-refractivity contribution < 1.29 is 18.0 Å². The van der Waals surface area contributed by atoms with E-state index < -0.39 is 11.7 Å². The van der Waals surface area contributed by atoms with E-state index in [1.165, 1.54) is 6.07 Å². The molecule has 0 radical (unpaired) electrons. The van der Waals surface area contributed by atoms with Crippen LogP contribution in [0.4, 0.5) is 13.2 Å². The van der Waals surface area contributed by atoms with E-state index in [1.54, 1.807) is 17.9 Å². The fraction of sp³-hybridized carbons (Fsp3) is 0.562. The fourth-order valence-corrected chi connectivity index (χ4v) is 2.73. The maximum absolute atomic E-state index is 12.8. The van der Waals surface area contributed by atoms with Gasteiger partial charge in [-0.3, -0.25) is 4.79 Å². The summed E-state index contributed by atoms with van der Waals surface area (Å²) in [7, 11) is 0. The van der Waals surface area contributed by atoms with Crippen LogP contribution in [0.1, 0.15) is 37.3 Å². The number of hydrogen-bond acceptors (Lipinski definition) is 2. The van der Waals surface area contributed by atoms with Crippen molar-refractivity contribution in [3.63, 3.8) is 0 Å². The first-order valence-corrected chi connectivity index (χ1v) is 7.46. The maximum atomic E-state index is 12.8. The number of carbonyl (C=O) groups is 1. The van der Waals surface area contributed by atoms with Crippen molar-refractivity contribution in [1.82, 2.24) is 10.2 Å². The second-order valence-electron chi connectivity index (χ2n) is 5.87. The zero-order valence-electron chi connectivity index (χ0n) is 13.2. The van der Waals surface area contributed by atoms with Crippen molar-refractivity contribution in [1.29, 1.82) is 0 Å². The fourth-order valence-electron chi connectivity index (χ4n) is 2.73. The molecule has 1 aliphatic heterocycles. The molecule has 1 saturated heterocycles. The number of rotatable bonds is 3. The van der Waals surface area contributed by atoms with Gasteiger partial charge in [-0.1, -0.05) is 25.1 Å². The van der Waals surface area contributed by atoms with Gasteiger partial charge in [0, 0.05) is 32.1 Å². The molecule has 23 heavy (non-hydrogen) atoms. The van der Waals surface area contributed by atoms with E-state index in [0.29, 0.717) is 12.1 Å². The van der Waals surface area contributed by atoms with Crippen LogP contribution >= 0.6 is 12.4 Å². The highest BCUT2D eigenvalue weighted by Gasteiger charge is 2.31. The molecule has 0 aliphatic carbocycles. The molecule has 1 heterocycles. The van der Waals surface area contributed by atoms with E-state index in [-0.39, 0.29) is 36.7 Å². The van der Waals surface area contributed by atoms with Gasteiger partial charge in [0.05, 0.1) is 5.56 Å². The second kappa shape index (κ2) is 8.02. The Kier molecular flexibility index (Phi) is 6.89. The van der Waals surface area contributed by atoms with Crippen molar-refractivity contribution in [2.75, 3.05) is 19.6 Å². The number of benzene rings is 1. The van der Waals surface area contributed by atoms with Gasteiger partial charge >= 0.3 is 6.18 Å². The molecule has 7 heteroatoms. The predicted octanol–water partition coefficient (Wildman–Crippen LogP) is 3.44. The van der Waals surface area contributed by atoms with Gasteiger partial charge in [0.1, 0.15) is 0 Å². The minimum Gasteiger partial charge on any atom is -0.337 e. The molecule has 1 amide bonds. The predicted molar refractivity (Wildman–Crippen MR) is 85.8 cm³/mol. The van der Waals surface area contributed by atoms with Crippen molar-refractivity contribution in [2.45, 2.75) is 38.4 Å². The molecule has 0 saturated carbocycles. The van der Waals surface area contributed by atoms with Gasteiger partial charge in [0.2, 0.25) is 5.91 Å². The van der Waals surface area contributed by atoms with Crippen molar-refractivity contribution >= 4 is 18.3 Å². The Bertz CT molecular complexity index is 536. The Morgan fingerprint density at radius 3 is 2.74 bits per heavy atom. The van der Waals surface area contributed by atoms with Gasteiger partial charge in [-0.2, -0.15) is 13.2 Å². The number of alkyl halides is 3. The summed E-state index contributed by atoms with van der Waals surface area (Å²) in [4.78, 5) is 14.2. The van der Waals surface area contributed by atoms with E-state index in [1.807, 2.05) is 6.92 Å². The second-order valence-corrected chi connectivity index (χ2v) is 5.87. The summed E-state index contributed by atoms with van der Waals surface area (Å²) in [6, 6.07) is 5.35. The van der Waals surface area contributed by atoms with E-state index in [4.69, 9.17) is 0 Å². The summed E-state index contributed by atoms with van der Waals surface area (Å²) in [6.45, 7) is 5.92. The molecule has 2 rings (SSSR count). The molecular weight excluding hydrogens is 329 g/mol. The summed E-state index contributed by atoms with van der Waals surface area (Å²) in [5.41, 5.74) is -0.120. The normalized spacial score (nSPS) is 19.9. The number of piperazine rings is 1. The molecule has 1 aromatic carbocycles. The maximum Gasteiger partial charge on any atom is 0.416 e. The third-order valence-corrected chi connectivity index (χ3v) is 4.09. The number of nitrogens with one attached hydrogen (secondary N) is 1. The van der Waals surface area contributed by atoms with Crippen LogP contribution in [0.2, 0.25) is 0 Å². The van der Waals surface area contributed by atoms with Gasteiger partial charge in [0.15, 0.2) is 0 Å². The summed E-state index contributed by atoms with van der Waals surface area (Å²) >= 11 is 0. The molecule has 1 N–H and O–H groups in total. The largest absolute Gasteiger partial charge is 0.416 e. The van der Waals surface area contributed by atoms with Gasteiger partial charge in [0.25, 0.3) is 0 Å².